The third kappa shape index (κ3) is 3.46. The summed E-state index contributed by atoms with van der Waals surface area (Å²) < 4.78 is 48.8. The molecule has 1 aromatic carbocycles. The summed E-state index contributed by atoms with van der Waals surface area (Å²) in [4.78, 5) is -0.0339. The maximum Gasteiger partial charge on any atom is 0.240 e. The van der Waals surface area contributed by atoms with E-state index in [4.69, 9.17) is 11.6 Å². The number of hydrogen-bond acceptors (Lipinski definition) is 5. The summed E-state index contributed by atoms with van der Waals surface area (Å²) in [6, 6.07) is 4.42. The van der Waals surface area contributed by atoms with E-state index in [1.54, 1.807) is 0 Å². The lowest BCUT2D eigenvalue weighted by molar-refractivity contribution is 0.176. The van der Waals surface area contributed by atoms with Crippen LogP contribution in [0.15, 0.2) is 29.2 Å². The van der Waals surface area contributed by atoms with Gasteiger partial charge in [-0.15, -0.1) is 0 Å². The van der Waals surface area contributed by atoms with Gasteiger partial charge in [0.25, 0.3) is 0 Å². The van der Waals surface area contributed by atoms with Gasteiger partial charge in [-0.05, 0) is 24.3 Å². The van der Waals surface area contributed by atoms with E-state index < -0.39 is 43.5 Å². The van der Waals surface area contributed by atoms with Gasteiger partial charge < -0.3 is 5.11 Å². The average molecular weight is 326 g/mol. The van der Waals surface area contributed by atoms with E-state index in [0.717, 1.165) is 0 Å². The molecular formula is C10H12ClNO5S2. The lowest BCUT2D eigenvalue weighted by Crippen LogP contribution is -2.42. The summed E-state index contributed by atoms with van der Waals surface area (Å²) in [5.74, 6) is -0.832. The molecule has 0 bridgehead atoms. The van der Waals surface area contributed by atoms with Crippen molar-refractivity contribution in [2.24, 2.45) is 0 Å². The first-order chi connectivity index (χ1) is 8.70. The summed E-state index contributed by atoms with van der Waals surface area (Å²) in [5.41, 5.74) is 0. The molecule has 9 heteroatoms. The zero-order chi connectivity index (χ0) is 14.3. The molecule has 106 valence electrons. The molecule has 2 N–H and O–H groups in total. The molecule has 2 atom stereocenters. The molecule has 19 heavy (non-hydrogen) atoms. The maximum atomic E-state index is 12.0. The quantitative estimate of drug-likeness (QED) is 0.800. The number of hydrogen-bond donors (Lipinski definition) is 2. The van der Waals surface area contributed by atoms with Gasteiger partial charge in [-0.3, -0.25) is 0 Å². The van der Waals surface area contributed by atoms with Crippen LogP contribution in [0.4, 0.5) is 0 Å². The Labute approximate surface area is 116 Å². The van der Waals surface area contributed by atoms with Gasteiger partial charge in [0.05, 0.1) is 28.5 Å². The molecular weight excluding hydrogens is 314 g/mol. The molecule has 1 saturated heterocycles. The number of sulfonamides is 1. The molecule has 1 heterocycles. The van der Waals surface area contributed by atoms with Gasteiger partial charge in [-0.1, -0.05) is 11.6 Å². The summed E-state index contributed by atoms with van der Waals surface area (Å²) in [5, 5.41) is 9.94. The van der Waals surface area contributed by atoms with Gasteiger partial charge in [0.2, 0.25) is 10.0 Å². The normalized spacial score (nSPS) is 26.4. The molecule has 2 rings (SSSR count). The summed E-state index contributed by atoms with van der Waals surface area (Å²) >= 11 is 5.66. The minimum Gasteiger partial charge on any atom is -0.390 e. The Kier molecular flexibility index (Phi) is 3.90. The van der Waals surface area contributed by atoms with Gasteiger partial charge in [0.15, 0.2) is 9.84 Å². The zero-order valence-corrected chi connectivity index (χ0v) is 12.0. The number of benzene rings is 1. The minimum atomic E-state index is -3.88. The molecule has 0 unspecified atom stereocenters. The number of aliphatic hydroxyl groups excluding tert-OH is 1. The van der Waals surface area contributed by atoms with Crippen molar-refractivity contribution in [2.45, 2.75) is 17.0 Å². The van der Waals surface area contributed by atoms with Crippen LogP contribution in [-0.2, 0) is 19.9 Å². The predicted molar refractivity (Wildman–Crippen MR) is 70.2 cm³/mol. The Bertz CT molecular complexity index is 668. The maximum absolute atomic E-state index is 12.0. The number of sulfone groups is 1. The SMILES string of the molecule is O=S1(=O)C[C@H](O)[C@H](NS(=O)(=O)c2ccc(Cl)cc2)C1. The Morgan fingerprint density at radius 1 is 1.21 bits per heavy atom. The molecule has 1 fully saturated rings. The van der Waals surface area contributed by atoms with Crippen LogP contribution in [0.25, 0.3) is 0 Å². The predicted octanol–water partition coefficient (Wildman–Crippen LogP) is -0.224. The summed E-state index contributed by atoms with van der Waals surface area (Å²) in [7, 11) is -7.28. The van der Waals surface area contributed by atoms with Crippen LogP contribution in [0.5, 0.6) is 0 Å². The monoisotopic (exact) mass is 325 g/mol. The van der Waals surface area contributed by atoms with E-state index in [2.05, 4.69) is 4.72 Å². The second kappa shape index (κ2) is 5.02. The molecule has 1 aliphatic heterocycles. The largest absolute Gasteiger partial charge is 0.390 e. The van der Waals surface area contributed by atoms with Gasteiger partial charge >= 0.3 is 0 Å². The highest BCUT2D eigenvalue weighted by Gasteiger charge is 2.38. The molecule has 1 aliphatic rings. The molecule has 0 radical (unpaired) electrons. The fraction of sp³-hybridized carbons (Fsp3) is 0.400. The Morgan fingerprint density at radius 2 is 1.79 bits per heavy atom. The first kappa shape index (κ1) is 14.7. The number of rotatable bonds is 3. The molecule has 6 nitrogen and oxygen atoms in total. The highest BCUT2D eigenvalue weighted by atomic mass is 35.5. The lowest BCUT2D eigenvalue weighted by atomic mass is 10.2. The van der Waals surface area contributed by atoms with Crippen LogP contribution in [0, 0.1) is 0 Å². The van der Waals surface area contributed by atoms with Crippen LogP contribution in [0.2, 0.25) is 5.02 Å². The van der Waals surface area contributed by atoms with Crippen molar-refractivity contribution < 1.29 is 21.9 Å². The molecule has 0 aliphatic carbocycles. The highest BCUT2D eigenvalue weighted by molar-refractivity contribution is 7.92. The summed E-state index contributed by atoms with van der Waals surface area (Å²) in [6.45, 7) is 0. The van der Waals surface area contributed by atoms with Crippen LogP contribution in [-0.4, -0.2) is 45.6 Å². The van der Waals surface area contributed by atoms with Crippen LogP contribution in [0.3, 0.4) is 0 Å². The van der Waals surface area contributed by atoms with E-state index in [9.17, 15) is 21.9 Å². The molecule has 0 aromatic heterocycles. The van der Waals surface area contributed by atoms with Gasteiger partial charge in [-0.2, -0.15) is 0 Å². The fourth-order valence-corrected chi connectivity index (χ4v) is 5.06. The van der Waals surface area contributed by atoms with Crippen molar-refractivity contribution in [2.75, 3.05) is 11.5 Å². The van der Waals surface area contributed by atoms with Crippen LogP contribution >= 0.6 is 11.6 Å². The highest BCUT2D eigenvalue weighted by Crippen LogP contribution is 2.18. The van der Waals surface area contributed by atoms with Gasteiger partial charge in [0.1, 0.15) is 0 Å². The van der Waals surface area contributed by atoms with E-state index >= 15 is 0 Å². The first-order valence-corrected chi connectivity index (χ1v) is 9.04. The first-order valence-electron chi connectivity index (χ1n) is 5.36. The Hall–Kier alpha value is -0.670. The van der Waals surface area contributed by atoms with E-state index in [-0.39, 0.29) is 4.90 Å². The van der Waals surface area contributed by atoms with Gasteiger partial charge in [0, 0.05) is 5.02 Å². The third-order valence-corrected chi connectivity index (χ3v) is 6.23. The van der Waals surface area contributed by atoms with Crippen molar-refractivity contribution >= 4 is 31.5 Å². The number of aliphatic hydroxyl groups is 1. The van der Waals surface area contributed by atoms with Gasteiger partial charge in [-0.25, -0.2) is 21.6 Å². The second-order valence-electron chi connectivity index (χ2n) is 4.33. The standard InChI is InChI=1S/C10H12ClNO5S2/c11-7-1-3-8(4-2-7)19(16,17)12-9-5-18(14,15)6-10(9)13/h1-4,9-10,12-13H,5-6H2/t9-,10+/m1/s1. The molecule has 1 aromatic rings. The van der Waals surface area contributed by atoms with Crippen LogP contribution < -0.4 is 4.72 Å². The number of halogens is 1. The zero-order valence-electron chi connectivity index (χ0n) is 9.65. The third-order valence-electron chi connectivity index (χ3n) is 2.75. The second-order valence-corrected chi connectivity index (χ2v) is 8.63. The van der Waals surface area contributed by atoms with Crippen molar-refractivity contribution in [1.82, 2.24) is 4.72 Å². The van der Waals surface area contributed by atoms with Crippen molar-refractivity contribution in [3.63, 3.8) is 0 Å². The van der Waals surface area contributed by atoms with Crippen molar-refractivity contribution in [3.8, 4) is 0 Å². The van der Waals surface area contributed by atoms with E-state index in [1.807, 2.05) is 0 Å². The molecule has 0 amide bonds. The van der Waals surface area contributed by atoms with Crippen LogP contribution in [0.1, 0.15) is 0 Å². The molecule has 0 saturated carbocycles. The van der Waals surface area contributed by atoms with Crippen molar-refractivity contribution in [1.29, 1.82) is 0 Å². The Morgan fingerprint density at radius 3 is 2.26 bits per heavy atom. The summed E-state index contributed by atoms with van der Waals surface area (Å²) in [6.07, 6.45) is -1.23. The minimum absolute atomic E-state index is 0.0339. The smallest absolute Gasteiger partial charge is 0.240 e. The lowest BCUT2D eigenvalue weighted by Gasteiger charge is -2.15. The number of nitrogens with one attached hydrogen (secondary N) is 1. The fourth-order valence-electron chi connectivity index (χ4n) is 1.82. The van der Waals surface area contributed by atoms with E-state index in [0.29, 0.717) is 5.02 Å². The van der Waals surface area contributed by atoms with E-state index in [1.165, 1.54) is 24.3 Å². The van der Waals surface area contributed by atoms with Crippen molar-refractivity contribution in [3.05, 3.63) is 29.3 Å². The topological polar surface area (TPSA) is 101 Å². The average Bonchev–Trinajstić information content (AvgIpc) is 2.51. The Balaban J connectivity index is 2.21. The molecule has 0 spiro atoms.